The van der Waals surface area contributed by atoms with Gasteiger partial charge >= 0.3 is 0 Å². The lowest BCUT2D eigenvalue weighted by atomic mass is 9.83. The number of carbonyl (C=O) groups excluding carboxylic acids is 3. The van der Waals surface area contributed by atoms with Crippen molar-refractivity contribution in [3.63, 3.8) is 0 Å². The average Bonchev–Trinajstić information content (AvgIpc) is 2.87. The van der Waals surface area contributed by atoms with Crippen molar-refractivity contribution in [2.24, 2.45) is 5.73 Å². The summed E-state index contributed by atoms with van der Waals surface area (Å²) in [6.45, 7) is 2.71. The molecule has 11 nitrogen and oxygen atoms in total. The smallest absolute Gasteiger partial charge is 0.236 e. The van der Waals surface area contributed by atoms with Gasteiger partial charge in [0.25, 0.3) is 0 Å². The highest BCUT2D eigenvalue weighted by Crippen LogP contribution is 2.28. The molecule has 11 heteroatoms. The van der Waals surface area contributed by atoms with E-state index < -0.39 is 23.8 Å². The number of hydrogen-bond acceptors (Lipinski definition) is 8. The Morgan fingerprint density at radius 1 is 1.05 bits per heavy atom. The van der Waals surface area contributed by atoms with E-state index in [9.17, 15) is 24.6 Å². The molecular weight excluding hydrogens is 490 g/mol. The van der Waals surface area contributed by atoms with Gasteiger partial charge in [-0.3, -0.25) is 19.3 Å². The van der Waals surface area contributed by atoms with E-state index in [2.05, 4.69) is 20.9 Å². The van der Waals surface area contributed by atoms with Crippen LogP contribution in [-0.4, -0.2) is 89.9 Å². The maximum atomic E-state index is 12.9. The number of nitrogens with two attached hydrogens (primary N) is 1. The molecule has 2 fully saturated rings. The second-order valence-electron chi connectivity index (χ2n) is 10.6. The van der Waals surface area contributed by atoms with Crippen molar-refractivity contribution >= 4 is 17.7 Å². The van der Waals surface area contributed by atoms with Crippen molar-refractivity contribution < 1.29 is 29.3 Å². The number of nitrogens with one attached hydrogen (secondary N) is 3. The largest absolute Gasteiger partial charge is 0.497 e. The number of aliphatic hydroxyl groups excluding tert-OH is 2. The Morgan fingerprint density at radius 2 is 1.82 bits per heavy atom. The van der Waals surface area contributed by atoms with E-state index in [1.807, 2.05) is 24.3 Å². The maximum Gasteiger partial charge on any atom is 0.236 e. The summed E-state index contributed by atoms with van der Waals surface area (Å²) in [5.74, 6) is -0.0425. The fraction of sp³-hybridized carbons (Fsp3) is 0.667. The monoisotopic (exact) mass is 533 g/mol. The average molecular weight is 534 g/mol. The molecule has 3 amide bonds. The second kappa shape index (κ2) is 14.4. The lowest BCUT2D eigenvalue weighted by Crippen LogP contribution is -2.57. The summed E-state index contributed by atoms with van der Waals surface area (Å²) < 4.78 is 5.32. The highest BCUT2D eigenvalue weighted by molar-refractivity contribution is 5.82. The number of nitrogens with zero attached hydrogens (tertiary/aromatic N) is 1. The molecule has 0 aliphatic carbocycles. The fourth-order valence-electron chi connectivity index (χ4n) is 5.13. The lowest BCUT2D eigenvalue weighted by Gasteiger charge is -2.42. The first-order valence-corrected chi connectivity index (χ1v) is 13.5. The zero-order valence-electron chi connectivity index (χ0n) is 22.3. The summed E-state index contributed by atoms with van der Waals surface area (Å²) in [4.78, 5) is 40.2. The first-order valence-electron chi connectivity index (χ1n) is 13.5. The summed E-state index contributed by atoms with van der Waals surface area (Å²) >= 11 is 0. The predicted octanol–water partition coefficient (Wildman–Crippen LogP) is -0.218. The molecule has 212 valence electrons. The summed E-state index contributed by atoms with van der Waals surface area (Å²) in [6.07, 6.45) is 0.421. The van der Waals surface area contributed by atoms with E-state index in [4.69, 9.17) is 10.5 Å². The van der Waals surface area contributed by atoms with Crippen LogP contribution in [0.4, 0.5) is 0 Å². The molecule has 0 bridgehead atoms. The van der Waals surface area contributed by atoms with E-state index in [0.717, 1.165) is 17.9 Å². The standard InChI is InChI=1S/C27H43N5O6/c1-38-22-5-2-4-19(14-22)18-32-12-8-27(9-13-32)17-25(36)29-10-3-6-23(28)26(37)30-11-7-20(33)15-21(34)16-24(35)31-27/h2,4-5,14,20-21,23,33-34H,3,6-13,15-18,28H2,1H3,(H,29,36)(H,30,37)(H,31,35)/t20-,21-,23-/m1/s1. The maximum absolute atomic E-state index is 12.9. The van der Waals surface area contributed by atoms with Gasteiger partial charge in [0.2, 0.25) is 17.7 Å². The minimum atomic E-state index is -1.04. The van der Waals surface area contributed by atoms with Crippen LogP contribution in [0.3, 0.4) is 0 Å². The first-order chi connectivity index (χ1) is 18.2. The SMILES string of the molecule is COc1cccc(CN2CCC3(CC2)CC(=O)NCCC[C@@H](N)C(=O)NCC[C@@H](O)C[C@@H](O)CC(=O)N3)c1. The first kappa shape index (κ1) is 29.8. The van der Waals surface area contributed by atoms with Crippen molar-refractivity contribution in [3.05, 3.63) is 29.8 Å². The third kappa shape index (κ3) is 9.54. The minimum absolute atomic E-state index is 0.0111. The van der Waals surface area contributed by atoms with Crippen molar-refractivity contribution in [1.82, 2.24) is 20.9 Å². The molecule has 38 heavy (non-hydrogen) atoms. The van der Waals surface area contributed by atoms with Crippen LogP contribution in [0.1, 0.15) is 56.9 Å². The third-order valence-corrected chi connectivity index (χ3v) is 7.35. The fourth-order valence-corrected chi connectivity index (χ4v) is 5.13. The number of aliphatic hydroxyl groups is 2. The Balaban J connectivity index is 1.65. The number of piperidine rings is 1. The van der Waals surface area contributed by atoms with Crippen LogP contribution in [-0.2, 0) is 20.9 Å². The van der Waals surface area contributed by atoms with Gasteiger partial charge in [-0.05, 0) is 56.2 Å². The Morgan fingerprint density at radius 3 is 2.55 bits per heavy atom. The molecule has 0 unspecified atom stereocenters. The van der Waals surface area contributed by atoms with Gasteiger partial charge in [-0.2, -0.15) is 0 Å². The highest BCUT2D eigenvalue weighted by Gasteiger charge is 2.38. The Bertz CT molecular complexity index is 936. The molecule has 1 aromatic carbocycles. The van der Waals surface area contributed by atoms with Crippen molar-refractivity contribution in [2.45, 2.75) is 81.7 Å². The van der Waals surface area contributed by atoms with Crippen LogP contribution in [0.2, 0.25) is 0 Å². The van der Waals surface area contributed by atoms with Gasteiger partial charge in [0, 0.05) is 39.1 Å². The zero-order chi connectivity index (χ0) is 27.5. The molecule has 0 saturated carbocycles. The van der Waals surface area contributed by atoms with E-state index in [1.54, 1.807) is 7.11 Å². The number of amides is 3. The van der Waals surface area contributed by atoms with Crippen LogP contribution in [0.5, 0.6) is 5.75 Å². The van der Waals surface area contributed by atoms with Gasteiger partial charge in [-0.1, -0.05) is 12.1 Å². The van der Waals surface area contributed by atoms with E-state index in [1.165, 1.54) is 0 Å². The van der Waals surface area contributed by atoms with Crippen LogP contribution in [0.15, 0.2) is 24.3 Å². The second-order valence-corrected chi connectivity index (χ2v) is 10.6. The Hall–Kier alpha value is -2.73. The Kier molecular flexibility index (Phi) is 11.3. The molecule has 2 aliphatic heterocycles. The van der Waals surface area contributed by atoms with Gasteiger partial charge in [-0.25, -0.2) is 0 Å². The van der Waals surface area contributed by atoms with Crippen molar-refractivity contribution in [3.8, 4) is 5.75 Å². The van der Waals surface area contributed by atoms with E-state index in [0.29, 0.717) is 45.3 Å². The number of ether oxygens (including phenoxy) is 1. The molecule has 0 aromatic heterocycles. The summed E-state index contributed by atoms with van der Waals surface area (Å²) in [5, 5.41) is 29.3. The topological polar surface area (TPSA) is 166 Å². The van der Waals surface area contributed by atoms with Crippen LogP contribution < -0.4 is 26.4 Å². The number of hydrogen-bond donors (Lipinski definition) is 6. The number of carbonyl (C=O) groups is 3. The van der Waals surface area contributed by atoms with Crippen LogP contribution in [0, 0.1) is 0 Å². The number of methoxy groups -OCH3 is 1. The number of benzene rings is 1. The third-order valence-electron chi connectivity index (χ3n) is 7.35. The molecule has 7 N–H and O–H groups in total. The van der Waals surface area contributed by atoms with E-state index in [-0.39, 0.29) is 49.9 Å². The molecule has 1 aromatic rings. The highest BCUT2D eigenvalue weighted by atomic mass is 16.5. The summed E-state index contributed by atoms with van der Waals surface area (Å²) in [7, 11) is 1.64. The molecule has 2 saturated heterocycles. The van der Waals surface area contributed by atoms with Crippen LogP contribution >= 0.6 is 0 Å². The molecule has 1 spiro atoms. The predicted molar refractivity (Wildman–Crippen MR) is 142 cm³/mol. The van der Waals surface area contributed by atoms with Crippen LogP contribution in [0.25, 0.3) is 0 Å². The summed E-state index contributed by atoms with van der Waals surface area (Å²) in [6, 6.07) is 7.21. The molecule has 2 heterocycles. The lowest BCUT2D eigenvalue weighted by molar-refractivity contribution is -0.128. The molecule has 3 rings (SSSR count). The Labute approximate surface area is 224 Å². The normalized spacial score (nSPS) is 26.9. The molecule has 0 radical (unpaired) electrons. The van der Waals surface area contributed by atoms with Gasteiger partial charge in [-0.15, -0.1) is 0 Å². The van der Waals surface area contributed by atoms with Gasteiger partial charge in [0.1, 0.15) is 5.75 Å². The molecular formula is C27H43N5O6. The van der Waals surface area contributed by atoms with Gasteiger partial charge < -0.3 is 36.6 Å². The van der Waals surface area contributed by atoms with Gasteiger partial charge in [0.15, 0.2) is 0 Å². The van der Waals surface area contributed by atoms with Crippen molar-refractivity contribution in [2.75, 3.05) is 33.3 Å². The molecule has 2 aliphatic rings. The zero-order valence-corrected chi connectivity index (χ0v) is 22.3. The van der Waals surface area contributed by atoms with Crippen molar-refractivity contribution in [1.29, 1.82) is 0 Å². The summed E-state index contributed by atoms with van der Waals surface area (Å²) in [5.41, 5.74) is 6.34. The van der Waals surface area contributed by atoms with E-state index >= 15 is 0 Å². The van der Waals surface area contributed by atoms with Gasteiger partial charge in [0.05, 0.1) is 37.3 Å². The molecule has 3 atom stereocenters. The number of rotatable bonds is 3. The number of likely N-dealkylation sites (tertiary alicyclic amines) is 1. The quantitative estimate of drug-likeness (QED) is 0.310. The minimum Gasteiger partial charge on any atom is -0.497 e.